The third kappa shape index (κ3) is 3.02. The summed E-state index contributed by atoms with van der Waals surface area (Å²) in [6, 6.07) is -1.55. The summed E-state index contributed by atoms with van der Waals surface area (Å²) < 4.78 is 5.18. The van der Waals surface area contributed by atoms with E-state index in [-0.39, 0.29) is 19.5 Å². The number of aliphatic carboxylic acids is 1. The normalized spacial score (nSPS) is 22.5. The van der Waals surface area contributed by atoms with Crippen LogP contribution in [0, 0.1) is 6.92 Å². The molecule has 1 saturated heterocycles. The number of likely N-dealkylation sites (tertiary alicyclic amines) is 1. The summed E-state index contributed by atoms with van der Waals surface area (Å²) in [6.07, 6.45) is 0.762. The molecule has 1 aromatic rings. The first kappa shape index (κ1) is 13.3. The molecule has 0 spiro atoms. The van der Waals surface area contributed by atoms with Crippen molar-refractivity contribution in [3.05, 3.63) is 17.8 Å². The van der Waals surface area contributed by atoms with Crippen LogP contribution in [0.15, 0.2) is 10.6 Å². The van der Waals surface area contributed by atoms with E-state index in [4.69, 9.17) is 9.52 Å². The van der Waals surface area contributed by atoms with Gasteiger partial charge in [-0.3, -0.25) is 0 Å². The van der Waals surface area contributed by atoms with Crippen molar-refractivity contribution in [1.29, 1.82) is 0 Å². The van der Waals surface area contributed by atoms with Gasteiger partial charge < -0.3 is 24.8 Å². The lowest BCUT2D eigenvalue weighted by Crippen LogP contribution is -2.46. The van der Waals surface area contributed by atoms with Crippen molar-refractivity contribution < 1.29 is 24.2 Å². The fourth-order valence-corrected chi connectivity index (χ4v) is 2.01. The van der Waals surface area contributed by atoms with Crippen LogP contribution >= 0.6 is 0 Å². The van der Waals surface area contributed by atoms with E-state index in [0.29, 0.717) is 11.7 Å². The van der Waals surface area contributed by atoms with Crippen LogP contribution in [0.4, 0.5) is 4.79 Å². The molecule has 2 amide bonds. The molecule has 0 aliphatic carbocycles. The molecule has 1 aromatic heterocycles. The van der Waals surface area contributed by atoms with E-state index in [2.05, 4.69) is 10.3 Å². The predicted octanol–water partition coefficient (Wildman–Crippen LogP) is -0.288. The lowest BCUT2D eigenvalue weighted by Gasteiger charge is -2.21. The number of aromatic nitrogens is 1. The fourth-order valence-electron chi connectivity index (χ4n) is 2.01. The molecule has 1 unspecified atom stereocenters. The van der Waals surface area contributed by atoms with Gasteiger partial charge >= 0.3 is 12.0 Å². The summed E-state index contributed by atoms with van der Waals surface area (Å²) in [6.45, 7) is 1.81. The highest BCUT2D eigenvalue weighted by atomic mass is 16.4. The molecule has 2 atom stereocenters. The SMILES string of the molecule is Cc1cnc(CNC(=O)N2CC(O)C[C@H]2C(=O)O)o1. The Morgan fingerprint density at radius 3 is 2.95 bits per heavy atom. The molecule has 19 heavy (non-hydrogen) atoms. The Bertz CT molecular complexity index is 486. The van der Waals surface area contributed by atoms with Crippen LogP contribution in [0.1, 0.15) is 18.1 Å². The number of aryl methyl sites for hydroxylation is 1. The van der Waals surface area contributed by atoms with E-state index < -0.39 is 24.1 Å². The Kier molecular flexibility index (Phi) is 3.70. The molecule has 1 aliphatic rings. The van der Waals surface area contributed by atoms with E-state index in [1.54, 1.807) is 6.92 Å². The zero-order chi connectivity index (χ0) is 14.0. The van der Waals surface area contributed by atoms with Crippen LogP contribution in [0.25, 0.3) is 0 Å². The van der Waals surface area contributed by atoms with Gasteiger partial charge in [0.25, 0.3) is 0 Å². The first-order valence-electron chi connectivity index (χ1n) is 5.84. The van der Waals surface area contributed by atoms with Crippen molar-refractivity contribution in [1.82, 2.24) is 15.2 Å². The van der Waals surface area contributed by atoms with Crippen LogP contribution in [-0.2, 0) is 11.3 Å². The molecule has 104 valence electrons. The van der Waals surface area contributed by atoms with Gasteiger partial charge in [0.15, 0.2) is 0 Å². The Morgan fingerprint density at radius 1 is 1.63 bits per heavy atom. The molecule has 0 saturated carbocycles. The number of carboxylic acids is 1. The van der Waals surface area contributed by atoms with Gasteiger partial charge in [-0.1, -0.05) is 0 Å². The molecular formula is C11H15N3O5. The van der Waals surface area contributed by atoms with Gasteiger partial charge in [-0.05, 0) is 6.92 Å². The number of aliphatic hydroxyl groups excluding tert-OH is 1. The minimum absolute atomic E-state index is 0.00735. The Labute approximate surface area is 109 Å². The summed E-state index contributed by atoms with van der Waals surface area (Å²) in [5.41, 5.74) is 0. The van der Waals surface area contributed by atoms with Crippen LogP contribution in [0.5, 0.6) is 0 Å². The number of aliphatic hydroxyl groups is 1. The number of nitrogens with one attached hydrogen (secondary N) is 1. The van der Waals surface area contributed by atoms with Gasteiger partial charge in [0.1, 0.15) is 11.8 Å². The average molecular weight is 269 g/mol. The standard InChI is InChI=1S/C11H15N3O5/c1-6-3-12-9(19-6)4-13-11(18)14-5-7(15)2-8(14)10(16)17/h3,7-8,15H,2,4-5H2,1H3,(H,13,18)(H,16,17)/t7?,8-/m0/s1. The minimum Gasteiger partial charge on any atom is -0.480 e. The molecule has 8 heteroatoms. The lowest BCUT2D eigenvalue weighted by atomic mass is 10.2. The van der Waals surface area contributed by atoms with Gasteiger partial charge in [0.2, 0.25) is 5.89 Å². The van der Waals surface area contributed by atoms with Crippen molar-refractivity contribution >= 4 is 12.0 Å². The number of oxazole rings is 1. The predicted molar refractivity (Wildman–Crippen MR) is 62.2 cm³/mol. The third-order valence-electron chi connectivity index (χ3n) is 2.88. The summed E-state index contributed by atoms with van der Waals surface area (Å²) in [5, 5.41) is 20.9. The highest BCUT2D eigenvalue weighted by Gasteiger charge is 2.38. The van der Waals surface area contributed by atoms with Gasteiger partial charge in [-0.15, -0.1) is 0 Å². The second-order valence-electron chi connectivity index (χ2n) is 4.42. The van der Waals surface area contributed by atoms with Gasteiger partial charge in [-0.25, -0.2) is 14.6 Å². The molecule has 1 aliphatic heterocycles. The maximum Gasteiger partial charge on any atom is 0.326 e. The number of urea groups is 1. The molecular weight excluding hydrogens is 254 g/mol. The highest BCUT2D eigenvalue weighted by molar-refractivity contribution is 5.83. The number of amides is 2. The second-order valence-corrected chi connectivity index (χ2v) is 4.42. The van der Waals surface area contributed by atoms with Crippen molar-refractivity contribution in [2.75, 3.05) is 6.54 Å². The third-order valence-corrected chi connectivity index (χ3v) is 2.88. The Hall–Kier alpha value is -2.09. The smallest absolute Gasteiger partial charge is 0.326 e. The Balaban J connectivity index is 1.93. The van der Waals surface area contributed by atoms with Crippen LogP contribution in [0.2, 0.25) is 0 Å². The van der Waals surface area contributed by atoms with E-state index in [1.807, 2.05) is 0 Å². The average Bonchev–Trinajstić information content (AvgIpc) is 2.92. The zero-order valence-corrected chi connectivity index (χ0v) is 10.4. The number of carbonyl (C=O) groups is 2. The molecule has 0 radical (unpaired) electrons. The van der Waals surface area contributed by atoms with E-state index >= 15 is 0 Å². The maximum atomic E-state index is 11.9. The molecule has 0 aromatic carbocycles. The first-order chi connectivity index (χ1) is 8.97. The Morgan fingerprint density at radius 2 is 2.37 bits per heavy atom. The first-order valence-corrected chi connectivity index (χ1v) is 5.84. The number of rotatable bonds is 3. The molecule has 0 bridgehead atoms. The number of hydrogen-bond acceptors (Lipinski definition) is 5. The number of carboxylic acid groups (broad SMARTS) is 1. The lowest BCUT2D eigenvalue weighted by molar-refractivity contribution is -0.141. The van der Waals surface area contributed by atoms with Crippen LogP contribution in [0.3, 0.4) is 0 Å². The van der Waals surface area contributed by atoms with Crippen molar-refractivity contribution in [3.63, 3.8) is 0 Å². The molecule has 2 heterocycles. The summed E-state index contributed by atoms with van der Waals surface area (Å²) in [4.78, 5) is 27.9. The van der Waals surface area contributed by atoms with Crippen LogP contribution < -0.4 is 5.32 Å². The van der Waals surface area contributed by atoms with E-state index in [9.17, 15) is 14.7 Å². The quantitative estimate of drug-likeness (QED) is 0.694. The van der Waals surface area contributed by atoms with Crippen molar-refractivity contribution in [2.45, 2.75) is 32.0 Å². The number of nitrogens with zero attached hydrogens (tertiary/aromatic N) is 2. The van der Waals surface area contributed by atoms with Gasteiger partial charge in [-0.2, -0.15) is 0 Å². The van der Waals surface area contributed by atoms with Crippen LogP contribution in [-0.4, -0.2) is 50.8 Å². The number of carbonyl (C=O) groups excluding carboxylic acids is 1. The zero-order valence-electron chi connectivity index (χ0n) is 10.4. The monoisotopic (exact) mass is 269 g/mol. The molecule has 3 N–H and O–H groups in total. The van der Waals surface area contributed by atoms with Crippen molar-refractivity contribution in [3.8, 4) is 0 Å². The summed E-state index contributed by atoms with van der Waals surface area (Å²) >= 11 is 0. The van der Waals surface area contributed by atoms with E-state index in [0.717, 1.165) is 4.90 Å². The highest BCUT2D eigenvalue weighted by Crippen LogP contribution is 2.18. The summed E-state index contributed by atoms with van der Waals surface area (Å²) in [5.74, 6) is -0.152. The largest absolute Gasteiger partial charge is 0.480 e. The second kappa shape index (κ2) is 5.27. The number of hydrogen-bond donors (Lipinski definition) is 3. The summed E-state index contributed by atoms with van der Waals surface area (Å²) in [7, 11) is 0. The van der Waals surface area contributed by atoms with Gasteiger partial charge in [0.05, 0.1) is 18.8 Å². The topological polar surface area (TPSA) is 116 Å². The van der Waals surface area contributed by atoms with Crippen molar-refractivity contribution in [2.24, 2.45) is 0 Å². The molecule has 1 fully saturated rings. The number of β-amino-alcohol motifs (C(OH)–C–C–N with tert-alkyl or cyclic N) is 1. The maximum absolute atomic E-state index is 11.9. The van der Waals surface area contributed by atoms with E-state index in [1.165, 1.54) is 6.20 Å². The fraction of sp³-hybridized carbons (Fsp3) is 0.545. The van der Waals surface area contributed by atoms with Gasteiger partial charge in [0, 0.05) is 13.0 Å². The minimum atomic E-state index is -1.13. The molecule has 8 nitrogen and oxygen atoms in total. The molecule has 2 rings (SSSR count).